The van der Waals surface area contributed by atoms with Crippen molar-refractivity contribution in [1.82, 2.24) is 19.7 Å². The van der Waals surface area contributed by atoms with Gasteiger partial charge < -0.3 is 14.2 Å². The van der Waals surface area contributed by atoms with Gasteiger partial charge in [-0.2, -0.15) is 0 Å². The van der Waals surface area contributed by atoms with Crippen LogP contribution in [0.1, 0.15) is 49.4 Å². The third-order valence-corrected chi connectivity index (χ3v) is 3.50. The van der Waals surface area contributed by atoms with E-state index in [2.05, 4.69) is 31.0 Å². The van der Waals surface area contributed by atoms with E-state index in [4.69, 9.17) is 4.74 Å². The Balaban J connectivity index is 2.03. The summed E-state index contributed by atoms with van der Waals surface area (Å²) in [5.41, 5.74) is 0.631. The molecule has 0 aliphatic carbocycles. The fourth-order valence-corrected chi connectivity index (χ4v) is 2.23. The van der Waals surface area contributed by atoms with Gasteiger partial charge in [-0.05, 0) is 44.5 Å². The molecule has 6 nitrogen and oxygen atoms in total. The predicted octanol–water partition coefficient (Wildman–Crippen LogP) is 2.92. The van der Waals surface area contributed by atoms with E-state index in [1.54, 1.807) is 30.4 Å². The van der Waals surface area contributed by atoms with Crippen molar-refractivity contribution in [1.29, 1.82) is 0 Å². The van der Waals surface area contributed by atoms with E-state index in [0.29, 0.717) is 18.7 Å². The first-order valence-electron chi connectivity index (χ1n) is 7.89. The molecule has 0 saturated heterocycles. The number of hydrogen-bond donors (Lipinski definition) is 0. The number of benzene rings is 1. The second-order valence-corrected chi connectivity index (χ2v) is 5.78. The van der Waals surface area contributed by atoms with Crippen LogP contribution in [0.2, 0.25) is 0 Å². The molecule has 0 fully saturated rings. The largest absolute Gasteiger partial charge is 0.494 e. The number of carbonyl (C=O) groups is 1. The Morgan fingerprint density at radius 2 is 2.00 bits per heavy atom. The highest BCUT2D eigenvalue weighted by atomic mass is 16.5. The van der Waals surface area contributed by atoms with Crippen LogP contribution in [0.25, 0.3) is 0 Å². The number of aromatic nitrogens is 3. The first-order chi connectivity index (χ1) is 11.0. The number of hydrogen-bond acceptors (Lipinski definition) is 4. The Bertz CT molecular complexity index is 634. The van der Waals surface area contributed by atoms with E-state index in [9.17, 15) is 4.79 Å². The van der Waals surface area contributed by atoms with Crippen molar-refractivity contribution in [3.63, 3.8) is 0 Å². The van der Waals surface area contributed by atoms with Crippen LogP contribution in [-0.2, 0) is 6.54 Å². The molecular weight excluding hydrogens is 292 g/mol. The normalized spacial score (nSPS) is 10.8. The fraction of sp³-hybridized carbons (Fsp3) is 0.471. The molecule has 0 aliphatic heterocycles. The molecule has 0 bridgehead atoms. The average molecular weight is 316 g/mol. The number of rotatable bonds is 7. The van der Waals surface area contributed by atoms with E-state index in [-0.39, 0.29) is 11.9 Å². The molecule has 0 radical (unpaired) electrons. The lowest BCUT2D eigenvalue weighted by molar-refractivity contribution is 0.0779. The smallest absolute Gasteiger partial charge is 0.254 e. The molecule has 2 aromatic rings. The molecule has 6 heteroatoms. The van der Waals surface area contributed by atoms with Gasteiger partial charge in [-0.15, -0.1) is 10.2 Å². The molecule has 1 aromatic carbocycles. The lowest BCUT2D eigenvalue weighted by atomic mass is 10.2. The van der Waals surface area contributed by atoms with Crippen molar-refractivity contribution < 1.29 is 9.53 Å². The maximum absolute atomic E-state index is 12.5. The van der Waals surface area contributed by atoms with Crippen LogP contribution in [0.15, 0.2) is 30.6 Å². The van der Waals surface area contributed by atoms with Gasteiger partial charge in [0.25, 0.3) is 5.91 Å². The molecule has 1 amide bonds. The lowest BCUT2D eigenvalue weighted by Crippen LogP contribution is -2.28. The van der Waals surface area contributed by atoms with Crippen LogP contribution in [0.5, 0.6) is 5.75 Å². The summed E-state index contributed by atoms with van der Waals surface area (Å²) < 4.78 is 7.49. The Labute approximate surface area is 137 Å². The van der Waals surface area contributed by atoms with Gasteiger partial charge in [-0.1, -0.05) is 6.92 Å². The van der Waals surface area contributed by atoms with Gasteiger partial charge in [-0.25, -0.2) is 0 Å². The molecule has 23 heavy (non-hydrogen) atoms. The minimum absolute atomic E-state index is 0.0506. The standard InChI is InChI=1S/C17H24N4O2/c1-5-10-23-15-8-6-14(7-9-15)17(22)20(4)11-16-19-18-12-21(16)13(2)3/h6-9,12-13H,5,10-11H2,1-4H3. The van der Waals surface area contributed by atoms with E-state index in [0.717, 1.165) is 18.0 Å². The third kappa shape index (κ3) is 4.31. The van der Waals surface area contributed by atoms with Crippen LogP contribution in [0, 0.1) is 0 Å². The maximum Gasteiger partial charge on any atom is 0.254 e. The van der Waals surface area contributed by atoms with Crippen LogP contribution in [0.4, 0.5) is 0 Å². The van der Waals surface area contributed by atoms with E-state index in [1.165, 1.54) is 0 Å². The number of amides is 1. The van der Waals surface area contributed by atoms with Crippen molar-refractivity contribution in [2.24, 2.45) is 0 Å². The van der Waals surface area contributed by atoms with Crippen molar-refractivity contribution in [2.45, 2.75) is 39.8 Å². The SMILES string of the molecule is CCCOc1ccc(C(=O)N(C)Cc2nncn2C(C)C)cc1. The lowest BCUT2D eigenvalue weighted by Gasteiger charge is -2.18. The van der Waals surface area contributed by atoms with Gasteiger partial charge in [0.05, 0.1) is 13.2 Å². The summed E-state index contributed by atoms with van der Waals surface area (Å²) in [6, 6.07) is 7.49. The van der Waals surface area contributed by atoms with Crippen molar-refractivity contribution in [2.75, 3.05) is 13.7 Å². The second kappa shape index (κ2) is 7.76. The quantitative estimate of drug-likeness (QED) is 0.788. The second-order valence-electron chi connectivity index (χ2n) is 5.78. The zero-order valence-corrected chi connectivity index (χ0v) is 14.2. The van der Waals surface area contributed by atoms with Crippen molar-refractivity contribution in [3.05, 3.63) is 42.0 Å². The summed E-state index contributed by atoms with van der Waals surface area (Å²) >= 11 is 0. The molecule has 0 N–H and O–H groups in total. The molecule has 0 unspecified atom stereocenters. The molecule has 0 aliphatic rings. The van der Waals surface area contributed by atoms with Crippen LogP contribution in [0.3, 0.4) is 0 Å². The number of carbonyl (C=O) groups excluding carboxylic acids is 1. The van der Waals surface area contributed by atoms with Gasteiger partial charge in [0.2, 0.25) is 0 Å². The Hall–Kier alpha value is -2.37. The van der Waals surface area contributed by atoms with E-state index < -0.39 is 0 Å². The van der Waals surface area contributed by atoms with Crippen molar-refractivity contribution in [3.8, 4) is 5.75 Å². The summed E-state index contributed by atoms with van der Waals surface area (Å²) in [4.78, 5) is 14.1. The third-order valence-electron chi connectivity index (χ3n) is 3.50. The number of nitrogens with zero attached hydrogens (tertiary/aromatic N) is 4. The van der Waals surface area contributed by atoms with Gasteiger partial charge >= 0.3 is 0 Å². The molecule has 124 valence electrons. The fourth-order valence-electron chi connectivity index (χ4n) is 2.23. The molecule has 0 atom stereocenters. The highest BCUT2D eigenvalue weighted by molar-refractivity contribution is 5.94. The van der Waals surface area contributed by atoms with Crippen LogP contribution >= 0.6 is 0 Å². The van der Waals surface area contributed by atoms with Gasteiger partial charge in [0.15, 0.2) is 5.82 Å². The van der Waals surface area contributed by atoms with E-state index in [1.807, 2.05) is 16.7 Å². The summed E-state index contributed by atoms with van der Waals surface area (Å²) in [7, 11) is 1.77. The molecule has 1 aromatic heterocycles. The molecule has 1 heterocycles. The first-order valence-corrected chi connectivity index (χ1v) is 7.89. The van der Waals surface area contributed by atoms with Gasteiger partial charge in [-0.3, -0.25) is 4.79 Å². The highest BCUT2D eigenvalue weighted by Gasteiger charge is 2.16. The minimum atomic E-state index is -0.0506. The maximum atomic E-state index is 12.5. The van der Waals surface area contributed by atoms with Crippen molar-refractivity contribution >= 4 is 5.91 Å². The summed E-state index contributed by atoms with van der Waals surface area (Å²) in [6.45, 7) is 7.28. The Morgan fingerprint density at radius 3 is 2.61 bits per heavy atom. The topological polar surface area (TPSA) is 60.2 Å². The first kappa shape index (κ1) is 17.0. The molecule has 2 rings (SSSR count). The monoisotopic (exact) mass is 316 g/mol. The molecule has 0 spiro atoms. The summed E-state index contributed by atoms with van der Waals surface area (Å²) in [6.07, 6.45) is 2.65. The van der Waals surface area contributed by atoms with E-state index >= 15 is 0 Å². The van der Waals surface area contributed by atoms with Crippen LogP contribution < -0.4 is 4.74 Å². The predicted molar refractivity (Wildman–Crippen MR) is 88.4 cm³/mol. The zero-order valence-electron chi connectivity index (χ0n) is 14.2. The Kier molecular flexibility index (Phi) is 5.73. The molecule has 0 saturated carbocycles. The van der Waals surface area contributed by atoms with Gasteiger partial charge in [0.1, 0.15) is 12.1 Å². The summed E-state index contributed by atoms with van der Waals surface area (Å²) in [5.74, 6) is 1.51. The highest BCUT2D eigenvalue weighted by Crippen LogP contribution is 2.15. The Morgan fingerprint density at radius 1 is 1.30 bits per heavy atom. The minimum Gasteiger partial charge on any atom is -0.494 e. The number of ether oxygens (including phenoxy) is 1. The average Bonchev–Trinajstić information content (AvgIpc) is 3.01. The van der Waals surface area contributed by atoms with Gasteiger partial charge in [0, 0.05) is 18.7 Å². The molecular formula is C17H24N4O2. The summed E-state index contributed by atoms with van der Waals surface area (Å²) in [5, 5.41) is 8.03. The van der Waals surface area contributed by atoms with Crippen LogP contribution in [-0.4, -0.2) is 39.2 Å². The zero-order chi connectivity index (χ0) is 16.8.